The summed E-state index contributed by atoms with van der Waals surface area (Å²) in [6, 6.07) is 5.85. The van der Waals surface area contributed by atoms with Crippen molar-refractivity contribution < 1.29 is 18.1 Å². The first kappa shape index (κ1) is 21.0. The third kappa shape index (κ3) is 3.86. The number of carbonyl (C=O) groups is 1. The van der Waals surface area contributed by atoms with Gasteiger partial charge < -0.3 is 4.90 Å². The molecule has 10 heteroatoms. The molecule has 1 fully saturated rings. The first-order chi connectivity index (χ1) is 14.3. The Morgan fingerprint density at radius 2 is 1.80 bits per heavy atom. The lowest BCUT2D eigenvalue weighted by molar-refractivity contribution is -0.385. The number of sulfonamides is 1. The number of amides is 1. The number of non-ortho nitro benzene ring substituents is 1. The number of hydrogen-bond acceptors (Lipinski definition) is 6. The van der Waals surface area contributed by atoms with E-state index in [0.29, 0.717) is 18.7 Å². The van der Waals surface area contributed by atoms with Gasteiger partial charge in [0.25, 0.3) is 11.6 Å². The molecule has 1 saturated heterocycles. The summed E-state index contributed by atoms with van der Waals surface area (Å²) in [5.74, 6) is -0.0435. The molecule has 1 amide bonds. The molecular weight excluding hydrogens is 426 g/mol. The summed E-state index contributed by atoms with van der Waals surface area (Å²) >= 11 is 1.56. The molecule has 0 unspecified atom stereocenters. The molecule has 2 heterocycles. The fraction of sp³-hybridized carbons (Fsp3) is 0.450. The van der Waals surface area contributed by atoms with Crippen LogP contribution in [0.25, 0.3) is 0 Å². The second-order valence-corrected chi connectivity index (χ2v) is 10.7. The number of rotatable bonds is 4. The topological polar surface area (TPSA) is 101 Å². The Balaban J connectivity index is 1.47. The highest BCUT2D eigenvalue weighted by Crippen LogP contribution is 2.31. The third-order valence-electron chi connectivity index (χ3n) is 5.73. The molecule has 1 aromatic heterocycles. The van der Waals surface area contributed by atoms with Gasteiger partial charge in [-0.1, -0.05) is 6.07 Å². The number of nitro benzene ring substituents is 1. The quantitative estimate of drug-likeness (QED) is 0.528. The summed E-state index contributed by atoms with van der Waals surface area (Å²) in [4.78, 5) is 27.0. The number of nitro groups is 1. The van der Waals surface area contributed by atoms with Crippen LogP contribution in [0.5, 0.6) is 0 Å². The van der Waals surface area contributed by atoms with Crippen LogP contribution in [0, 0.1) is 17.0 Å². The molecule has 0 radical (unpaired) electrons. The van der Waals surface area contributed by atoms with Crippen LogP contribution in [0.2, 0.25) is 0 Å². The lowest BCUT2D eigenvalue weighted by atomic mass is 9.99. The zero-order valence-corrected chi connectivity index (χ0v) is 18.3. The molecule has 160 valence electrons. The molecule has 2 aliphatic rings. The molecule has 4 rings (SSSR count). The molecule has 0 N–H and O–H groups in total. The number of fused-ring (bicyclic) bond motifs is 1. The Labute approximate surface area is 179 Å². The van der Waals surface area contributed by atoms with Crippen LogP contribution in [-0.4, -0.2) is 54.6 Å². The number of nitrogens with zero attached hydrogens (tertiary/aromatic N) is 3. The molecule has 1 aromatic carbocycles. The predicted octanol–water partition coefficient (Wildman–Crippen LogP) is 2.99. The van der Waals surface area contributed by atoms with E-state index in [1.165, 1.54) is 26.9 Å². The molecule has 8 nitrogen and oxygen atoms in total. The molecule has 0 bridgehead atoms. The van der Waals surface area contributed by atoms with Gasteiger partial charge in [0, 0.05) is 43.2 Å². The number of benzene rings is 1. The minimum Gasteiger partial charge on any atom is -0.335 e. The van der Waals surface area contributed by atoms with Gasteiger partial charge in [-0.3, -0.25) is 14.9 Å². The molecule has 0 spiro atoms. The zero-order valence-electron chi connectivity index (χ0n) is 16.7. The van der Waals surface area contributed by atoms with Crippen LogP contribution in [0.15, 0.2) is 29.2 Å². The van der Waals surface area contributed by atoms with Crippen LogP contribution >= 0.6 is 11.3 Å². The van der Waals surface area contributed by atoms with Gasteiger partial charge in [0.05, 0.1) is 14.7 Å². The van der Waals surface area contributed by atoms with E-state index in [-0.39, 0.29) is 29.6 Å². The van der Waals surface area contributed by atoms with Gasteiger partial charge in [-0.05, 0) is 49.8 Å². The Hall–Kier alpha value is -2.30. The summed E-state index contributed by atoms with van der Waals surface area (Å²) in [5, 5.41) is 11.0. The predicted molar refractivity (Wildman–Crippen MR) is 113 cm³/mol. The summed E-state index contributed by atoms with van der Waals surface area (Å²) < 4.78 is 27.4. The molecule has 0 saturated carbocycles. The van der Waals surface area contributed by atoms with Gasteiger partial charge >= 0.3 is 0 Å². The Bertz CT molecular complexity index is 1080. The van der Waals surface area contributed by atoms with Crippen molar-refractivity contribution in [2.24, 2.45) is 0 Å². The fourth-order valence-corrected chi connectivity index (χ4v) is 6.89. The number of thiophene rings is 1. The van der Waals surface area contributed by atoms with Gasteiger partial charge in [0.2, 0.25) is 10.0 Å². The summed E-state index contributed by atoms with van der Waals surface area (Å²) in [7, 11) is -3.87. The van der Waals surface area contributed by atoms with E-state index < -0.39 is 14.9 Å². The van der Waals surface area contributed by atoms with Crippen LogP contribution < -0.4 is 0 Å². The molecule has 1 aliphatic carbocycles. The number of aryl methyl sites for hydroxylation is 3. The van der Waals surface area contributed by atoms with Crippen molar-refractivity contribution in [3.8, 4) is 0 Å². The Morgan fingerprint density at radius 3 is 2.47 bits per heavy atom. The van der Waals surface area contributed by atoms with E-state index in [1.807, 2.05) is 6.07 Å². The molecule has 0 atom stereocenters. The van der Waals surface area contributed by atoms with Crippen LogP contribution in [0.4, 0.5) is 5.69 Å². The second kappa shape index (κ2) is 8.09. The highest BCUT2D eigenvalue weighted by molar-refractivity contribution is 7.89. The zero-order chi connectivity index (χ0) is 21.5. The van der Waals surface area contributed by atoms with Crippen molar-refractivity contribution in [3.05, 3.63) is 55.3 Å². The average molecular weight is 450 g/mol. The van der Waals surface area contributed by atoms with Gasteiger partial charge in [0.15, 0.2) is 0 Å². The van der Waals surface area contributed by atoms with Crippen LogP contribution in [0.3, 0.4) is 0 Å². The molecular formula is C20H23N3O5S2. The maximum absolute atomic E-state index is 13.1. The van der Waals surface area contributed by atoms with Crippen molar-refractivity contribution in [2.75, 3.05) is 26.2 Å². The first-order valence-electron chi connectivity index (χ1n) is 9.93. The van der Waals surface area contributed by atoms with Crippen molar-refractivity contribution >= 4 is 33.0 Å². The smallest absolute Gasteiger partial charge is 0.270 e. The highest BCUT2D eigenvalue weighted by atomic mass is 32.2. The van der Waals surface area contributed by atoms with Gasteiger partial charge in [-0.25, -0.2) is 8.42 Å². The monoisotopic (exact) mass is 449 g/mol. The summed E-state index contributed by atoms with van der Waals surface area (Å²) in [6.45, 7) is 2.56. The van der Waals surface area contributed by atoms with Crippen LogP contribution in [0.1, 0.15) is 38.5 Å². The van der Waals surface area contributed by atoms with Crippen molar-refractivity contribution in [1.29, 1.82) is 0 Å². The van der Waals surface area contributed by atoms with Gasteiger partial charge in [0.1, 0.15) is 0 Å². The maximum Gasteiger partial charge on any atom is 0.270 e. The fourth-order valence-electron chi connectivity index (χ4n) is 4.00. The standard InChI is InChI=1S/C20H23N3O5S2/c1-14-6-7-16(23(25)26)13-19(14)30(27,28)22-10-8-21(9-11-22)20(24)18-12-15-4-2-3-5-17(15)29-18/h6-7,12-13H,2-5,8-11H2,1H3. The highest BCUT2D eigenvalue weighted by Gasteiger charge is 2.33. The molecule has 30 heavy (non-hydrogen) atoms. The Morgan fingerprint density at radius 1 is 1.10 bits per heavy atom. The lowest BCUT2D eigenvalue weighted by Gasteiger charge is -2.34. The number of hydrogen-bond donors (Lipinski definition) is 0. The summed E-state index contributed by atoms with van der Waals surface area (Å²) in [6.07, 6.45) is 4.37. The van der Waals surface area contributed by atoms with Crippen LogP contribution in [-0.2, 0) is 22.9 Å². The summed E-state index contributed by atoms with van der Waals surface area (Å²) in [5.41, 5.74) is 1.48. The van der Waals surface area contributed by atoms with Crippen molar-refractivity contribution in [3.63, 3.8) is 0 Å². The second-order valence-electron chi connectivity index (χ2n) is 7.67. The largest absolute Gasteiger partial charge is 0.335 e. The van der Waals surface area contributed by atoms with E-state index in [0.717, 1.165) is 36.6 Å². The van der Waals surface area contributed by atoms with E-state index >= 15 is 0 Å². The van der Waals surface area contributed by atoms with Gasteiger partial charge in [-0.15, -0.1) is 11.3 Å². The van der Waals surface area contributed by atoms with E-state index in [1.54, 1.807) is 23.2 Å². The molecule has 2 aromatic rings. The van der Waals surface area contributed by atoms with Gasteiger partial charge in [-0.2, -0.15) is 4.31 Å². The SMILES string of the molecule is Cc1ccc([N+](=O)[O-])cc1S(=O)(=O)N1CCN(C(=O)c2cc3c(s2)CCCC3)CC1. The average Bonchev–Trinajstić information content (AvgIpc) is 3.17. The Kier molecular flexibility index (Phi) is 5.65. The van der Waals surface area contributed by atoms with Crippen molar-refractivity contribution in [1.82, 2.24) is 9.21 Å². The number of piperazine rings is 1. The normalized spacial score (nSPS) is 17.6. The van der Waals surface area contributed by atoms with Crippen molar-refractivity contribution in [2.45, 2.75) is 37.5 Å². The third-order valence-corrected chi connectivity index (χ3v) is 9.00. The minimum absolute atomic E-state index is 0.0435. The number of carbonyl (C=O) groups excluding carboxylic acids is 1. The first-order valence-corrected chi connectivity index (χ1v) is 12.2. The lowest BCUT2D eigenvalue weighted by Crippen LogP contribution is -2.50. The van der Waals surface area contributed by atoms with E-state index in [9.17, 15) is 23.3 Å². The maximum atomic E-state index is 13.1. The molecule has 1 aliphatic heterocycles. The van der Waals surface area contributed by atoms with E-state index in [4.69, 9.17) is 0 Å². The minimum atomic E-state index is -3.87. The van der Waals surface area contributed by atoms with E-state index in [2.05, 4.69) is 0 Å².